The highest BCUT2D eigenvalue weighted by atomic mass is 32.1. The number of nitrogens with zero attached hydrogens (tertiary/aromatic N) is 4. The molecule has 0 fully saturated rings. The number of halogens is 3. The van der Waals surface area contributed by atoms with Crippen molar-refractivity contribution in [2.75, 3.05) is 0 Å². The second-order valence-electron chi connectivity index (χ2n) is 8.77. The smallest absolute Gasteiger partial charge is 0.418 e. The van der Waals surface area contributed by atoms with Gasteiger partial charge in [0.1, 0.15) is 11.2 Å². The van der Waals surface area contributed by atoms with Crippen molar-refractivity contribution in [1.82, 2.24) is 14.2 Å². The predicted octanol–water partition coefficient (Wildman–Crippen LogP) is 6.04. The van der Waals surface area contributed by atoms with Crippen LogP contribution in [0, 0.1) is 0 Å². The van der Waals surface area contributed by atoms with Gasteiger partial charge in [0.2, 0.25) is 5.88 Å². The highest BCUT2D eigenvalue weighted by Crippen LogP contribution is 2.36. The van der Waals surface area contributed by atoms with Gasteiger partial charge in [0.25, 0.3) is 11.1 Å². The lowest BCUT2D eigenvalue weighted by atomic mass is 10.1. The van der Waals surface area contributed by atoms with Gasteiger partial charge in [-0.05, 0) is 23.8 Å². The fourth-order valence-electron chi connectivity index (χ4n) is 4.58. The maximum atomic E-state index is 13.8. The molecule has 0 saturated carbocycles. The molecule has 0 bridgehead atoms. The molecule has 0 amide bonds. The highest BCUT2D eigenvalue weighted by molar-refractivity contribution is 7.17. The van der Waals surface area contributed by atoms with Crippen LogP contribution in [0.3, 0.4) is 0 Å². The zero-order chi connectivity index (χ0) is 28.0. The average Bonchev–Trinajstić information content (AvgIpc) is 3.39. The number of pyridine rings is 1. The van der Waals surface area contributed by atoms with Crippen molar-refractivity contribution in [2.24, 2.45) is 5.10 Å². The molecule has 0 spiro atoms. The lowest BCUT2D eigenvalue weighted by molar-refractivity contribution is -0.137. The van der Waals surface area contributed by atoms with Crippen molar-refractivity contribution < 1.29 is 18.3 Å². The van der Waals surface area contributed by atoms with Gasteiger partial charge in [-0.3, -0.25) is 9.59 Å². The molecule has 0 unspecified atom stereocenters. The zero-order valence-electron chi connectivity index (χ0n) is 20.3. The Morgan fingerprint density at radius 2 is 1.55 bits per heavy atom. The summed E-state index contributed by atoms with van der Waals surface area (Å²) in [6.45, 7) is 0. The van der Waals surface area contributed by atoms with Crippen molar-refractivity contribution in [2.45, 2.75) is 6.18 Å². The van der Waals surface area contributed by atoms with E-state index in [0.717, 1.165) is 28.6 Å². The van der Waals surface area contributed by atoms with Crippen LogP contribution in [0.25, 0.3) is 37.8 Å². The van der Waals surface area contributed by atoms with E-state index in [-0.39, 0.29) is 16.3 Å². The Hall–Kier alpha value is -5.03. The average molecular weight is 559 g/mol. The van der Waals surface area contributed by atoms with Crippen LogP contribution >= 0.6 is 11.3 Å². The van der Waals surface area contributed by atoms with E-state index in [2.05, 4.69) is 10.1 Å². The third kappa shape index (κ3) is 4.16. The van der Waals surface area contributed by atoms with Gasteiger partial charge in [-0.25, -0.2) is 9.55 Å². The minimum atomic E-state index is -4.78. The van der Waals surface area contributed by atoms with Crippen LogP contribution in [0.1, 0.15) is 11.1 Å². The molecule has 0 aliphatic rings. The van der Waals surface area contributed by atoms with Crippen LogP contribution in [-0.4, -0.2) is 25.5 Å². The van der Waals surface area contributed by atoms with Crippen LogP contribution in [0.2, 0.25) is 0 Å². The summed E-state index contributed by atoms with van der Waals surface area (Å²) in [4.78, 5) is 31.6. The third-order valence-electron chi connectivity index (χ3n) is 6.43. The Morgan fingerprint density at radius 1 is 0.875 bits per heavy atom. The predicted molar refractivity (Wildman–Crippen MR) is 149 cm³/mol. The lowest BCUT2D eigenvalue weighted by Crippen LogP contribution is -2.23. The number of hydrogen-bond acceptors (Lipinski definition) is 6. The first-order chi connectivity index (χ1) is 19.3. The Bertz CT molecular complexity index is 2060. The van der Waals surface area contributed by atoms with E-state index in [1.165, 1.54) is 41.9 Å². The van der Waals surface area contributed by atoms with E-state index in [1.807, 2.05) is 35.7 Å². The molecule has 0 atom stereocenters. The molecule has 3 heterocycles. The standard InChI is InChI=1S/C29H17F3N4O3S/c30-29(31,32)22-12-6-7-13-23(22)36-26(37)19-11-5-4-10-18(19)20(27(36)38)14-34-35-16-33-25-24(28(35)39)21(15-40-25)17-8-2-1-3-9-17/h1-16,38H/b34-14+. The quantitative estimate of drug-likeness (QED) is 0.268. The maximum Gasteiger partial charge on any atom is 0.418 e. The minimum Gasteiger partial charge on any atom is -0.494 e. The fraction of sp³-hybridized carbons (Fsp3) is 0.0345. The second kappa shape index (κ2) is 9.62. The molecule has 3 aromatic heterocycles. The number of aromatic hydroxyl groups is 1. The molecule has 3 aromatic carbocycles. The molecule has 0 radical (unpaired) electrons. The molecule has 1 N–H and O–H groups in total. The van der Waals surface area contributed by atoms with Gasteiger partial charge >= 0.3 is 6.18 Å². The first kappa shape index (κ1) is 25.3. The summed E-state index contributed by atoms with van der Waals surface area (Å²) in [5.41, 5.74) is -1.48. The van der Waals surface area contributed by atoms with Crippen molar-refractivity contribution in [3.63, 3.8) is 0 Å². The van der Waals surface area contributed by atoms with E-state index in [0.29, 0.717) is 20.3 Å². The molecule has 0 aliphatic carbocycles. The summed E-state index contributed by atoms with van der Waals surface area (Å²) in [7, 11) is 0. The number of para-hydroxylation sites is 1. The van der Waals surface area contributed by atoms with Crippen LogP contribution in [0.5, 0.6) is 5.88 Å². The molecule has 0 saturated heterocycles. The number of hydrogen-bond donors (Lipinski definition) is 1. The number of aromatic nitrogens is 3. The van der Waals surface area contributed by atoms with Crippen molar-refractivity contribution in [3.05, 3.63) is 122 Å². The highest BCUT2D eigenvalue weighted by Gasteiger charge is 2.35. The van der Waals surface area contributed by atoms with E-state index in [4.69, 9.17) is 0 Å². The summed E-state index contributed by atoms with van der Waals surface area (Å²) in [6, 6.07) is 19.9. The van der Waals surface area contributed by atoms with Gasteiger partial charge in [0.05, 0.1) is 28.4 Å². The van der Waals surface area contributed by atoms with E-state index >= 15 is 0 Å². The molecule has 11 heteroatoms. The Morgan fingerprint density at radius 3 is 2.30 bits per heavy atom. The number of alkyl halides is 3. The van der Waals surface area contributed by atoms with Crippen LogP contribution in [0.4, 0.5) is 13.2 Å². The zero-order valence-corrected chi connectivity index (χ0v) is 21.1. The van der Waals surface area contributed by atoms with Gasteiger partial charge in [0.15, 0.2) is 0 Å². The molecule has 0 aliphatic heterocycles. The van der Waals surface area contributed by atoms with Crippen LogP contribution in [0.15, 0.2) is 105 Å². The molecule has 40 heavy (non-hydrogen) atoms. The summed E-state index contributed by atoms with van der Waals surface area (Å²) in [6.07, 6.45) is -2.43. The monoisotopic (exact) mass is 558 g/mol. The second-order valence-corrected chi connectivity index (χ2v) is 9.63. The maximum absolute atomic E-state index is 13.8. The van der Waals surface area contributed by atoms with Gasteiger partial charge < -0.3 is 5.11 Å². The topological polar surface area (TPSA) is 89.5 Å². The molecular weight excluding hydrogens is 541 g/mol. The summed E-state index contributed by atoms with van der Waals surface area (Å²) >= 11 is 1.31. The minimum absolute atomic E-state index is 0.0484. The first-order valence-electron chi connectivity index (χ1n) is 11.9. The summed E-state index contributed by atoms with van der Waals surface area (Å²) in [5, 5.41) is 17.9. The normalized spacial score (nSPS) is 12.1. The molecule has 198 valence electrons. The summed E-state index contributed by atoms with van der Waals surface area (Å²) in [5.74, 6) is -0.758. The largest absolute Gasteiger partial charge is 0.494 e. The molecule has 7 nitrogen and oxygen atoms in total. The van der Waals surface area contributed by atoms with Crippen molar-refractivity contribution >= 4 is 38.5 Å². The van der Waals surface area contributed by atoms with E-state index < -0.39 is 34.4 Å². The number of rotatable bonds is 4. The van der Waals surface area contributed by atoms with Gasteiger partial charge in [-0.2, -0.15) is 22.9 Å². The number of fused-ring (bicyclic) bond motifs is 2. The SMILES string of the molecule is O=c1c2c(-c3ccccc3)csc2ncn1/N=C/c1c(O)n(-c2ccccc2C(F)(F)F)c(=O)c2ccccc12. The Labute approximate surface area is 227 Å². The number of thiophene rings is 1. The summed E-state index contributed by atoms with van der Waals surface area (Å²) < 4.78 is 43.0. The van der Waals surface area contributed by atoms with Crippen molar-refractivity contribution in [3.8, 4) is 22.7 Å². The van der Waals surface area contributed by atoms with Crippen LogP contribution < -0.4 is 11.1 Å². The molecule has 6 rings (SSSR count). The van der Waals surface area contributed by atoms with Gasteiger partial charge in [0, 0.05) is 21.7 Å². The first-order valence-corrected chi connectivity index (χ1v) is 12.8. The van der Waals surface area contributed by atoms with Crippen LogP contribution in [-0.2, 0) is 6.18 Å². The van der Waals surface area contributed by atoms with E-state index in [1.54, 1.807) is 12.1 Å². The number of benzene rings is 3. The molecule has 6 aromatic rings. The van der Waals surface area contributed by atoms with Gasteiger partial charge in [-0.15, -0.1) is 11.3 Å². The van der Waals surface area contributed by atoms with E-state index in [9.17, 15) is 27.9 Å². The van der Waals surface area contributed by atoms with Crippen molar-refractivity contribution in [1.29, 1.82) is 0 Å². The Balaban J connectivity index is 1.56. The lowest BCUT2D eigenvalue weighted by Gasteiger charge is -2.18. The Kier molecular flexibility index (Phi) is 6.07. The third-order valence-corrected chi connectivity index (χ3v) is 7.31. The molecular formula is C29H17F3N4O3S. The fourth-order valence-corrected chi connectivity index (χ4v) is 5.48. The van der Waals surface area contributed by atoms with Gasteiger partial charge in [-0.1, -0.05) is 60.7 Å².